The molecule has 1 aromatic rings. The van der Waals surface area contributed by atoms with E-state index < -0.39 is 5.82 Å². The third-order valence-electron chi connectivity index (χ3n) is 3.29. The van der Waals surface area contributed by atoms with Gasteiger partial charge in [0.2, 0.25) is 0 Å². The lowest BCUT2D eigenvalue weighted by molar-refractivity contribution is 0.0117. The molecule has 0 aromatic heterocycles. The number of nitrogens with two attached hydrogens (primary N) is 1. The number of rotatable bonds is 4. The zero-order valence-electron chi connectivity index (χ0n) is 10.8. The van der Waals surface area contributed by atoms with Crippen LogP contribution in [0.15, 0.2) is 18.2 Å². The molecule has 1 aromatic carbocycles. The zero-order chi connectivity index (χ0) is 13.7. The molecule has 1 fully saturated rings. The van der Waals surface area contributed by atoms with E-state index in [1.807, 2.05) is 0 Å². The van der Waals surface area contributed by atoms with E-state index in [9.17, 15) is 9.18 Å². The van der Waals surface area contributed by atoms with Gasteiger partial charge in [-0.1, -0.05) is 0 Å². The van der Waals surface area contributed by atoms with Crippen LogP contribution >= 0.6 is 0 Å². The van der Waals surface area contributed by atoms with E-state index >= 15 is 0 Å². The number of hydrogen-bond donors (Lipinski definition) is 2. The molecule has 1 aliphatic heterocycles. The number of carbonyl (C=O) groups is 1. The molecule has 104 valence electrons. The molecule has 1 unspecified atom stereocenters. The summed E-state index contributed by atoms with van der Waals surface area (Å²) in [7, 11) is 0. The lowest BCUT2D eigenvalue weighted by Crippen LogP contribution is -2.29. The Morgan fingerprint density at radius 2 is 2.32 bits per heavy atom. The maximum absolute atomic E-state index is 13.1. The van der Waals surface area contributed by atoms with Gasteiger partial charge in [0.1, 0.15) is 5.82 Å². The van der Waals surface area contributed by atoms with Crippen LogP contribution in [0.25, 0.3) is 0 Å². The lowest BCUT2D eigenvalue weighted by atomic mass is 10.1. The standard InChI is InChI=1S/C14H19FN2O2/c15-10-4-5-13(16)12(9-10)14(18)17-7-6-11-3-1-2-8-19-11/h4-5,9,11H,1-3,6-8,16H2,(H,17,18). The number of nitrogens with one attached hydrogen (secondary N) is 1. The van der Waals surface area contributed by atoms with Gasteiger partial charge < -0.3 is 15.8 Å². The van der Waals surface area contributed by atoms with Crippen molar-refractivity contribution in [3.05, 3.63) is 29.6 Å². The summed E-state index contributed by atoms with van der Waals surface area (Å²) in [6.45, 7) is 1.31. The van der Waals surface area contributed by atoms with E-state index in [0.717, 1.165) is 31.9 Å². The van der Waals surface area contributed by atoms with Crippen molar-refractivity contribution in [2.75, 3.05) is 18.9 Å². The Balaban J connectivity index is 1.82. The van der Waals surface area contributed by atoms with Gasteiger partial charge in [0.25, 0.3) is 5.91 Å². The van der Waals surface area contributed by atoms with Crippen LogP contribution in [0.1, 0.15) is 36.0 Å². The average molecular weight is 266 g/mol. The molecule has 1 atom stereocenters. The number of anilines is 1. The highest BCUT2D eigenvalue weighted by atomic mass is 19.1. The number of halogens is 1. The Hall–Kier alpha value is -1.62. The third kappa shape index (κ3) is 3.92. The van der Waals surface area contributed by atoms with Crippen molar-refractivity contribution < 1.29 is 13.9 Å². The van der Waals surface area contributed by atoms with Crippen LogP contribution in [0.3, 0.4) is 0 Å². The van der Waals surface area contributed by atoms with E-state index in [-0.39, 0.29) is 23.3 Å². The first-order valence-corrected chi connectivity index (χ1v) is 6.61. The minimum Gasteiger partial charge on any atom is -0.398 e. The van der Waals surface area contributed by atoms with Crippen molar-refractivity contribution in [1.82, 2.24) is 5.32 Å². The van der Waals surface area contributed by atoms with Gasteiger partial charge in [0, 0.05) is 18.8 Å². The highest BCUT2D eigenvalue weighted by Crippen LogP contribution is 2.16. The molecule has 1 amide bonds. The molecule has 4 nitrogen and oxygen atoms in total. The van der Waals surface area contributed by atoms with Crippen molar-refractivity contribution in [2.45, 2.75) is 31.8 Å². The quantitative estimate of drug-likeness (QED) is 0.820. The maximum atomic E-state index is 13.1. The van der Waals surface area contributed by atoms with Crippen LogP contribution in [-0.2, 0) is 4.74 Å². The molecule has 0 spiro atoms. The Morgan fingerprint density at radius 3 is 3.05 bits per heavy atom. The largest absolute Gasteiger partial charge is 0.398 e. The Kier molecular flexibility index (Phi) is 4.74. The van der Waals surface area contributed by atoms with Gasteiger partial charge in [-0.05, 0) is 43.9 Å². The van der Waals surface area contributed by atoms with Crippen LogP contribution in [0.2, 0.25) is 0 Å². The molecule has 1 saturated heterocycles. The van der Waals surface area contributed by atoms with E-state index in [2.05, 4.69) is 5.32 Å². The monoisotopic (exact) mass is 266 g/mol. The SMILES string of the molecule is Nc1ccc(F)cc1C(=O)NCCC1CCCCO1. The maximum Gasteiger partial charge on any atom is 0.253 e. The lowest BCUT2D eigenvalue weighted by Gasteiger charge is -2.22. The second-order valence-electron chi connectivity index (χ2n) is 4.76. The molecular formula is C14H19FN2O2. The fourth-order valence-electron chi connectivity index (χ4n) is 2.20. The van der Waals surface area contributed by atoms with Gasteiger partial charge in [0.15, 0.2) is 0 Å². The summed E-state index contributed by atoms with van der Waals surface area (Å²) in [6, 6.07) is 3.79. The van der Waals surface area contributed by atoms with Crippen LogP contribution in [0.5, 0.6) is 0 Å². The predicted molar refractivity (Wildman–Crippen MR) is 71.4 cm³/mol. The fourth-order valence-corrected chi connectivity index (χ4v) is 2.20. The molecule has 5 heteroatoms. The summed E-state index contributed by atoms with van der Waals surface area (Å²) in [6.07, 6.45) is 4.33. The van der Waals surface area contributed by atoms with Crippen LogP contribution in [0.4, 0.5) is 10.1 Å². The summed E-state index contributed by atoms with van der Waals surface area (Å²) >= 11 is 0. The minimum absolute atomic E-state index is 0.185. The zero-order valence-corrected chi connectivity index (χ0v) is 10.8. The number of nitrogen functional groups attached to an aromatic ring is 1. The number of hydrogen-bond acceptors (Lipinski definition) is 3. The van der Waals surface area contributed by atoms with Crippen molar-refractivity contribution in [3.63, 3.8) is 0 Å². The molecule has 2 rings (SSSR count). The van der Waals surface area contributed by atoms with E-state index in [1.165, 1.54) is 18.6 Å². The van der Waals surface area contributed by atoms with Gasteiger partial charge in [-0.3, -0.25) is 4.79 Å². The summed E-state index contributed by atoms with van der Waals surface area (Å²) in [4.78, 5) is 11.9. The molecular weight excluding hydrogens is 247 g/mol. The first-order valence-electron chi connectivity index (χ1n) is 6.61. The predicted octanol–water partition coefficient (Wildman–Crippen LogP) is 2.10. The van der Waals surface area contributed by atoms with Crippen molar-refractivity contribution in [1.29, 1.82) is 0 Å². The summed E-state index contributed by atoms with van der Waals surface area (Å²) in [5.41, 5.74) is 6.12. The molecule has 0 aliphatic carbocycles. The Bertz CT molecular complexity index is 445. The summed E-state index contributed by atoms with van der Waals surface area (Å²) in [5.74, 6) is -0.803. The van der Waals surface area contributed by atoms with Crippen LogP contribution in [0, 0.1) is 5.82 Å². The van der Waals surface area contributed by atoms with Gasteiger partial charge in [-0.25, -0.2) is 4.39 Å². The molecule has 0 bridgehead atoms. The number of amides is 1. The normalized spacial score (nSPS) is 19.1. The molecule has 0 saturated carbocycles. The summed E-state index contributed by atoms with van der Waals surface area (Å²) in [5, 5.41) is 2.75. The smallest absolute Gasteiger partial charge is 0.253 e. The highest BCUT2D eigenvalue weighted by molar-refractivity contribution is 5.99. The van der Waals surface area contributed by atoms with Gasteiger partial charge in [-0.15, -0.1) is 0 Å². The number of ether oxygens (including phenoxy) is 1. The number of carbonyl (C=O) groups excluding carboxylic acids is 1. The first kappa shape index (κ1) is 13.8. The molecule has 19 heavy (non-hydrogen) atoms. The van der Waals surface area contributed by atoms with Crippen molar-refractivity contribution in [2.24, 2.45) is 0 Å². The van der Waals surface area contributed by atoms with E-state index in [1.54, 1.807) is 0 Å². The number of benzene rings is 1. The van der Waals surface area contributed by atoms with Crippen LogP contribution in [-0.4, -0.2) is 25.2 Å². The first-order chi connectivity index (χ1) is 9.16. The fraction of sp³-hybridized carbons (Fsp3) is 0.500. The van der Waals surface area contributed by atoms with Crippen molar-refractivity contribution >= 4 is 11.6 Å². The second kappa shape index (κ2) is 6.52. The topological polar surface area (TPSA) is 64.4 Å². The molecule has 0 radical (unpaired) electrons. The molecule has 3 N–H and O–H groups in total. The Morgan fingerprint density at radius 1 is 1.47 bits per heavy atom. The van der Waals surface area contributed by atoms with Gasteiger partial charge >= 0.3 is 0 Å². The van der Waals surface area contributed by atoms with Gasteiger partial charge in [0.05, 0.1) is 11.7 Å². The summed E-state index contributed by atoms with van der Waals surface area (Å²) < 4.78 is 18.6. The average Bonchev–Trinajstić information content (AvgIpc) is 2.42. The third-order valence-corrected chi connectivity index (χ3v) is 3.29. The van der Waals surface area contributed by atoms with Crippen molar-refractivity contribution in [3.8, 4) is 0 Å². The van der Waals surface area contributed by atoms with E-state index in [4.69, 9.17) is 10.5 Å². The Labute approximate surface area is 112 Å². The highest BCUT2D eigenvalue weighted by Gasteiger charge is 2.15. The molecule has 1 heterocycles. The minimum atomic E-state index is -0.463. The van der Waals surface area contributed by atoms with E-state index in [0.29, 0.717) is 6.54 Å². The van der Waals surface area contributed by atoms with Crippen LogP contribution < -0.4 is 11.1 Å². The molecule has 1 aliphatic rings. The second-order valence-corrected chi connectivity index (χ2v) is 4.76. The van der Waals surface area contributed by atoms with Gasteiger partial charge in [-0.2, -0.15) is 0 Å².